The van der Waals surface area contributed by atoms with Gasteiger partial charge < -0.3 is 14.5 Å². The molecule has 6 heteroatoms. The predicted molar refractivity (Wildman–Crippen MR) is 113 cm³/mol. The number of nitrogens with one attached hydrogen (secondary N) is 1. The first-order valence-corrected chi connectivity index (χ1v) is 9.68. The molecule has 0 amide bonds. The third-order valence-electron chi connectivity index (χ3n) is 4.53. The summed E-state index contributed by atoms with van der Waals surface area (Å²) in [7, 11) is 0. The number of anilines is 1. The molecule has 1 heterocycles. The minimum atomic E-state index is -0.820. The van der Waals surface area contributed by atoms with Gasteiger partial charge >= 0.3 is 5.97 Å². The van der Waals surface area contributed by atoms with Gasteiger partial charge in [-0.25, -0.2) is 4.79 Å². The lowest BCUT2D eigenvalue weighted by Gasteiger charge is -2.19. The van der Waals surface area contributed by atoms with E-state index in [4.69, 9.17) is 20.8 Å². The van der Waals surface area contributed by atoms with Crippen LogP contribution in [0.3, 0.4) is 0 Å². The molecule has 29 heavy (non-hydrogen) atoms. The van der Waals surface area contributed by atoms with Crippen LogP contribution in [0.25, 0.3) is 0 Å². The van der Waals surface area contributed by atoms with Crippen molar-refractivity contribution in [2.45, 2.75) is 26.8 Å². The van der Waals surface area contributed by atoms with Crippen LogP contribution < -0.4 is 5.32 Å². The van der Waals surface area contributed by atoms with Crippen molar-refractivity contribution < 1.29 is 18.7 Å². The Kier molecular flexibility index (Phi) is 6.39. The summed E-state index contributed by atoms with van der Waals surface area (Å²) in [5.74, 6) is 0.0883. The summed E-state index contributed by atoms with van der Waals surface area (Å²) in [6, 6.07) is 15.1. The van der Waals surface area contributed by atoms with Crippen LogP contribution in [0.2, 0.25) is 5.02 Å². The SMILES string of the molecule is CCOC(=O)c1cc(C(Nc2ccc(Cl)cc2C)C(=O)c2ccccc2)oc1C. The fourth-order valence-electron chi connectivity index (χ4n) is 3.04. The van der Waals surface area contributed by atoms with Gasteiger partial charge in [-0.2, -0.15) is 0 Å². The molecule has 0 fully saturated rings. The maximum absolute atomic E-state index is 13.3. The third-order valence-corrected chi connectivity index (χ3v) is 4.76. The number of hydrogen-bond acceptors (Lipinski definition) is 5. The molecule has 0 aliphatic carbocycles. The van der Waals surface area contributed by atoms with Crippen LogP contribution in [0.4, 0.5) is 5.69 Å². The Balaban J connectivity index is 2.02. The van der Waals surface area contributed by atoms with E-state index in [1.165, 1.54) is 0 Å². The number of ether oxygens (including phenoxy) is 1. The minimum absolute atomic E-state index is 0.177. The van der Waals surface area contributed by atoms with Crippen LogP contribution in [-0.4, -0.2) is 18.4 Å². The molecule has 0 aliphatic rings. The van der Waals surface area contributed by atoms with Gasteiger partial charge in [-0.3, -0.25) is 4.79 Å². The van der Waals surface area contributed by atoms with Crippen molar-refractivity contribution in [1.29, 1.82) is 0 Å². The van der Waals surface area contributed by atoms with Gasteiger partial charge in [0.15, 0.2) is 5.78 Å². The van der Waals surface area contributed by atoms with Gasteiger partial charge in [-0.05, 0) is 50.6 Å². The van der Waals surface area contributed by atoms with Crippen molar-refractivity contribution in [3.05, 3.63) is 87.8 Å². The van der Waals surface area contributed by atoms with Gasteiger partial charge in [0.25, 0.3) is 0 Å². The smallest absolute Gasteiger partial charge is 0.341 e. The minimum Gasteiger partial charge on any atom is -0.463 e. The van der Waals surface area contributed by atoms with Crippen LogP contribution in [-0.2, 0) is 4.74 Å². The van der Waals surface area contributed by atoms with Crippen LogP contribution in [0.1, 0.15) is 50.8 Å². The van der Waals surface area contributed by atoms with Crippen molar-refractivity contribution >= 4 is 29.0 Å². The van der Waals surface area contributed by atoms with Gasteiger partial charge in [-0.15, -0.1) is 0 Å². The fourth-order valence-corrected chi connectivity index (χ4v) is 3.27. The number of hydrogen-bond donors (Lipinski definition) is 1. The second-order valence-corrected chi connectivity index (χ2v) is 7.04. The molecule has 1 unspecified atom stereocenters. The quantitative estimate of drug-likeness (QED) is 0.395. The highest BCUT2D eigenvalue weighted by atomic mass is 35.5. The van der Waals surface area contributed by atoms with Crippen molar-refractivity contribution in [3.8, 4) is 0 Å². The number of furan rings is 1. The van der Waals surface area contributed by atoms with Gasteiger partial charge in [0, 0.05) is 16.3 Å². The van der Waals surface area contributed by atoms with E-state index in [0.29, 0.717) is 27.7 Å². The molecular formula is C23H22ClNO4. The second kappa shape index (κ2) is 8.97. The van der Waals surface area contributed by atoms with Gasteiger partial charge in [-0.1, -0.05) is 41.9 Å². The van der Waals surface area contributed by atoms with Crippen LogP contribution in [0.15, 0.2) is 59.0 Å². The monoisotopic (exact) mass is 411 g/mol. The van der Waals surface area contributed by atoms with E-state index in [1.54, 1.807) is 50.2 Å². The molecular weight excluding hydrogens is 390 g/mol. The molecule has 3 rings (SSSR count). The largest absolute Gasteiger partial charge is 0.463 e. The Labute approximate surface area is 174 Å². The lowest BCUT2D eigenvalue weighted by atomic mass is 10.0. The van der Waals surface area contributed by atoms with Gasteiger partial charge in [0.05, 0.1) is 6.61 Å². The van der Waals surface area contributed by atoms with Gasteiger partial charge in [0.1, 0.15) is 23.1 Å². The van der Waals surface area contributed by atoms with E-state index in [1.807, 2.05) is 25.1 Å². The highest BCUT2D eigenvalue weighted by molar-refractivity contribution is 6.30. The highest BCUT2D eigenvalue weighted by Crippen LogP contribution is 2.30. The van der Waals surface area contributed by atoms with E-state index in [9.17, 15) is 9.59 Å². The lowest BCUT2D eigenvalue weighted by Crippen LogP contribution is -2.21. The number of carbonyl (C=O) groups is 2. The molecule has 1 N–H and O–H groups in total. The Hall–Kier alpha value is -3.05. The first kappa shape index (κ1) is 20.7. The maximum atomic E-state index is 13.3. The number of aryl methyl sites for hydroxylation is 2. The summed E-state index contributed by atoms with van der Waals surface area (Å²) in [6.07, 6.45) is 0. The zero-order valence-corrected chi connectivity index (χ0v) is 17.2. The molecule has 5 nitrogen and oxygen atoms in total. The molecule has 0 saturated carbocycles. The highest BCUT2D eigenvalue weighted by Gasteiger charge is 2.28. The number of carbonyl (C=O) groups excluding carboxylic acids is 2. The molecule has 3 aromatic rings. The normalized spacial score (nSPS) is 11.7. The average molecular weight is 412 g/mol. The maximum Gasteiger partial charge on any atom is 0.341 e. The number of esters is 1. The second-order valence-electron chi connectivity index (χ2n) is 6.61. The Morgan fingerprint density at radius 3 is 2.48 bits per heavy atom. The van der Waals surface area contributed by atoms with E-state index < -0.39 is 12.0 Å². The third kappa shape index (κ3) is 4.69. The van der Waals surface area contributed by atoms with Crippen LogP contribution in [0.5, 0.6) is 0 Å². The predicted octanol–water partition coefficient (Wildman–Crippen LogP) is 5.76. The van der Waals surface area contributed by atoms with Crippen molar-refractivity contribution in [1.82, 2.24) is 0 Å². The topological polar surface area (TPSA) is 68.5 Å². The van der Waals surface area contributed by atoms with E-state index in [0.717, 1.165) is 11.3 Å². The molecule has 1 atom stereocenters. The Morgan fingerprint density at radius 2 is 1.83 bits per heavy atom. The van der Waals surface area contributed by atoms with Crippen LogP contribution in [0, 0.1) is 13.8 Å². The number of Topliss-reactive ketones (excluding diaryl/α,β-unsaturated/α-hetero) is 1. The summed E-state index contributed by atoms with van der Waals surface area (Å²) in [5.41, 5.74) is 2.47. The number of ketones is 1. The van der Waals surface area contributed by atoms with Crippen molar-refractivity contribution in [2.24, 2.45) is 0 Å². The summed E-state index contributed by atoms with van der Waals surface area (Å²) >= 11 is 6.05. The average Bonchev–Trinajstić information content (AvgIpc) is 3.09. The van der Waals surface area contributed by atoms with Crippen molar-refractivity contribution in [3.63, 3.8) is 0 Å². The summed E-state index contributed by atoms with van der Waals surface area (Å²) in [4.78, 5) is 25.5. The fraction of sp³-hybridized carbons (Fsp3) is 0.217. The van der Waals surface area contributed by atoms with E-state index in [2.05, 4.69) is 5.32 Å². The Morgan fingerprint density at radius 1 is 1.10 bits per heavy atom. The molecule has 0 aliphatic heterocycles. The first-order chi connectivity index (χ1) is 13.9. The summed E-state index contributed by atoms with van der Waals surface area (Å²) in [6.45, 7) is 5.57. The van der Waals surface area contributed by atoms with Crippen molar-refractivity contribution in [2.75, 3.05) is 11.9 Å². The lowest BCUT2D eigenvalue weighted by molar-refractivity contribution is 0.0524. The molecule has 150 valence electrons. The van der Waals surface area contributed by atoms with Gasteiger partial charge in [0.2, 0.25) is 0 Å². The molecule has 0 saturated heterocycles. The molecule has 0 spiro atoms. The number of rotatable bonds is 7. The van der Waals surface area contributed by atoms with E-state index >= 15 is 0 Å². The molecule has 2 aromatic carbocycles. The molecule has 0 bridgehead atoms. The first-order valence-electron chi connectivity index (χ1n) is 9.30. The van der Waals surface area contributed by atoms with E-state index in [-0.39, 0.29) is 12.4 Å². The zero-order valence-electron chi connectivity index (χ0n) is 16.5. The summed E-state index contributed by atoms with van der Waals surface area (Å²) in [5, 5.41) is 3.86. The molecule has 1 aromatic heterocycles. The molecule has 0 radical (unpaired) electrons. The standard InChI is InChI=1S/C23H22ClNO4/c1-4-28-23(27)18-13-20(29-15(18)3)21(22(26)16-8-6-5-7-9-16)25-19-11-10-17(24)12-14(19)2/h5-13,21,25H,4H2,1-3H3. The van der Waals surface area contributed by atoms with Crippen LogP contribution >= 0.6 is 11.6 Å². The Bertz CT molecular complexity index is 1030. The zero-order chi connectivity index (χ0) is 21.0. The number of benzene rings is 2. The number of halogens is 1. The summed E-state index contributed by atoms with van der Waals surface area (Å²) < 4.78 is 10.9.